The van der Waals surface area contributed by atoms with Gasteiger partial charge in [-0.25, -0.2) is 0 Å². The van der Waals surface area contributed by atoms with E-state index in [1.165, 1.54) is 0 Å². The van der Waals surface area contributed by atoms with E-state index in [-0.39, 0.29) is 17.9 Å². The Morgan fingerprint density at radius 3 is 2.52 bits per heavy atom. The van der Waals surface area contributed by atoms with Crippen molar-refractivity contribution in [2.45, 2.75) is 38.4 Å². The summed E-state index contributed by atoms with van der Waals surface area (Å²) in [5, 5.41) is 5.86. The van der Waals surface area contributed by atoms with E-state index < -0.39 is 0 Å². The second-order valence-electron chi connectivity index (χ2n) is 6.15. The molecule has 0 saturated heterocycles. The number of rotatable bonds is 8. The monoisotopic (exact) mass is 320 g/mol. The zero-order valence-electron chi connectivity index (χ0n) is 14.0. The van der Waals surface area contributed by atoms with Crippen molar-refractivity contribution < 1.29 is 19.2 Å². The minimum atomic E-state index is -0.279. The van der Waals surface area contributed by atoms with Crippen LogP contribution in [0.3, 0.4) is 0 Å². The number of hydrogen-bond acceptors (Lipinski definition) is 3. The number of quaternary nitrogens is 1. The summed E-state index contributed by atoms with van der Waals surface area (Å²) in [6, 6.07) is 7.65. The van der Waals surface area contributed by atoms with Crippen molar-refractivity contribution in [3.8, 4) is 5.75 Å². The first-order chi connectivity index (χ1) is 11.0. The van der Waals surface area contributed by atoms with Gasteiger partial charge in [-0.15, -0.1) is 0 Å². The van der Waals surface area contributed by atoms with Gasteiger partial charge in [-0.1, -0.05) is 12.1 Å². The lowest BCUT2D eigenvalue weighted by molar-refractivity contribution is -0.886. The molecule has 0 heterocycles. The fraction of sp³-hybridized carbons (Fsp3) is 0.529. The maximum Gasteiger partial charge on any atom is 0.278 e. The second kappa shape index (κ2) is 7.97. The Morgan fingerprint density at radius 1 is 1.30 bits per heavy atom. The number of nitrogens with one attached hydrogen (secondary N) is 3. The quantitative estimate of drug-likeness (QED) is 0.604. The van der Waals surface area contributed by atoms with Gasteiger partial charge in [0.15, 0.2) is 12.6 Å². The smallest absolute Gasteiger partial charge is 0.278 e. The molecule has 1 fully saturated rings. The van der Waals surface area contributed by atoms with E-state index in [2.05, 4.69) is 10.6 Å². The van der Waals surface area contributed by atoms with Crippen LogP contribution in [0.1, 0.15) is 25.3 Å². The van der Waals surface area contributed by atoms with Gasteiger partial charge in [0.1, 0.15) is 5.75 Å². The lowest BCUT2D eigenvalue weighted by atomic mass is 10.2. The molecule has 2 rings (SSSR count). The van der Waals surface area contributed by atoms with Crippen LogP contribution in [0.4, 0.5) is 0 Å². The fourth-order valence-corrected chi connectivity index (χ4v) is 2.22. The van der Waals surface area contributed by atoms with E-state index in [9.17, 15) is 9.59 Å². The van der Waals surface area contributed by atoms with Gasteiger partial charge in [0.05, 0.1) is 14.2 Å². The van der Waals surface area contributed by atoms with Crippen molar-refractivity contribution in [2.75, 3.05) is 20.7 Å². The van der Waals surface area contributed by atoms with Crippen LogP contribution in [0.25, 0.3) is 0 Å². The molecule has 3 N–H and O–H groups in total. The van der Waals surface area contributed by atoms with Crippen LogP contribution in [0.5, 0.6) is 5.75 Å². The first-order valence-electron chi connectivity index (χ1n) is 8.02. The molecule has 0 aromatic heterocycles. The molecule has 0 radical (unpaired) electrons. The van der Waals surface area contributed by atoms with Crippen molar-refractivity contribution in [1.29, 1.82) is 0 Å². The average molecular weight is 320 g/mol. The number of methoxy groups -OCH3 is 1. The third-order valence-corrected chi connectivity index (χ3v) is 4.14. The summed E-state index contributed by atoms with van der Waals surface area (Å²) in [7, 11) is 3.49. The Morgan fingerprint density at radius 2 is 1.96 bits per heavy atom. The first kappa shape index (κ1) is 17.3. The van der Waals surface area contributed by atoms with Crippen molar-refractivity contribution in [1.82, 2.24) is 10.6 Å². The minimum Gasteiger partial charge on any atom is -0.497 e. The maximum absolute atomic E-state index is 12.2. The summed E-state index contributed by atoms with van der Waals surface area (Å²) in [6.45, 7) is 2.62. The molecule has 2 amide bonds. The Bertz CT molecular complexity index is 541. The van der Waals surface area contributed by atoms with Gasteiger partial charge >= 0.3 is 0 Å². The normalized spacial score (nSPS) is 16.3. The molecule has 6 heteroatoms. The topological polar surface area (TPSA) is 71.9 Å². The standard InChI is InChI=1S/C17H25N3O3/c1-12(20(2)11-16(21)19-14-6-7-14)17(22)18-10-13-4-8-15(23-3)9-5-13/h4-5,8-9,12,14H,6-7,10-11H2,1-3H3,(H,18,22)(H,19,21)/p+1/t12-/m1/s1. The van der Waals surface area contributed by atoms with E-state index in [4.69, 9.17) is 4.74 Å². The molecule has 126 valence electrons. The summed E-state index contributed by atoms with van der Waals surface area (Å²) in [5.74, 6) is 0.747. The summed E-state index contributed by atoms with van der Waals surface area (Å²) >= 11 is 0. The summed E-state index contributed by atoms with van der Waals surface area (Å²) < 4.78 is 5.10. The molecule has 1 aromatic rings. The van der Waals surface area contributed by atoms with Crippen LogP contribution in [0.2, 0.25) is 0 Å². The number of likely N-dealkylation sites (N-methyl/N-ethyl adjacent to an activating group) is 1. The Balaban J connectivity index is 1.75. The molecule has 0 bridgehead atoms. The predicted molar refractivity (Wildman–Crippen MR) is 87.2 cm³/mol. The van der Waals surface area contributed by atoms with E-state index >= 15 is 0 Å². The van der Waals surface area contributed by atoms with E-state index in [1.54, 1.807) is 7.11 Å². The number of ether oxygens (including phenoxy) is 1. The number of hydrogen-bond donors (Lipinski definition) is 3. The highest BCUT2D eigenvalue weighted by Gasteiger charge is 2.27. The summed E-state index contributed by atoms with van der Waals surface area (Å²) in [5.41, 5.74) is 1.01. The van der Waals surface area contributed by atoms with Gasteiger partial charge in [0, 0.05) is 12.6 Å². The largest absolute Gasteiger partial charge is 0.497 e. The molecule has 1 aliphatic rings. The Hall–Kier alpha value is -2.08. The number of amides is 2. The van der Waals surface area contributed by atoms with Gasteiger partial charge in [-0.2, -0.15) is 0 Å². The van der Waals surface area contributed by atoms with Crippen molar-refractivity contribution in [3.63, 3.8) is 0 Å². The van der Waals surface area contributed by atoms with Gasteiger partial charge in [0.25, 0.3) is 11.8 Å². The maximum atomic E-state index is 12.2. The lowest BCUT2D eigenvalue weighted by Gasteiger charge is -2.20. The molecule has 1 aromatic carbocycles. The average Bonchev–Trinajstić information content (AvgIpc) is 3.35. The van der Waals surface area contributed by atoms with Crippen molar-refractivity contribution >= 4 is 11.8 Å². The highest BCUT2D eigenvalue weighted by molar-refractivity contribution is 5.81. The van der Waals surface area contributed by atoms with Gasteiger partial charge in [0.2, 0.25) is 0 Å². The zero-order valence-corrected chi connectivity index (χ0v) is 14.0. The molecular weight excluding hydrogens is 294 g/mol. The summed E-state index contributed by atoms with van der Waals surface area (Å²) in [4.78, 5) is 24.9. The SMILES string of the molecule is COc1ccc(CNC(=O)[C@@H](C)[NH+](C)CC(=O)NC2CC2)cc1. The lowest BCUT2D eigenvalue weighted by Crippen LogP contribution is -3.15. The number of benzene rings is 1. The minimum absolute atomic E-state index is 0.0137. The highest BCUT2D eigenvalue weighted by Crippen LogP contribution is 2.18. The molecule has 0 spiro atoms. The number of carbonyl (C=O) groups is 2. The molecule has 1 unspecified atom stereocenters. The van der Waals surface area contributed by atoms with Crippen LogP contribution in [-0.2, 0) is 16.1 Å². The third-order valence-electron chi connectivity index (χ3n) is 4.14. The molecular formula is C17H26N3O3+. The summed E-state index contributed by atoms with van der Waals surface area (Å²) in [6.07, 6.45) is 2.14. The van der Waals surface area contributed by atoms with Crippen molar-refractivity contribution in [3.05, 3.63) is 29.8 Å². The van der Waals surface area contributed by atoms with Gasteiger partial charge in [-0.05, 0) is 37.5 Å². The Labute approximate surface area is 137 Å². The molecule has 2 atom stereocenters. The fourth-order valence-electron chi connectivity index (χ4n) is 2.22. The van der Waals surface area contributed by atoms with Crippen LogP contribution in [0, 0.1) is 0 Å². The highest BCUT2D eigenvalue weighted by atomic mass is 16.5. The molecule has 1 aliphatic carbocycles. The predicted octanol–water partition coefficient (Wildman–Crippen LogP) is -0.507. The van der Waals surface area contributed by atoms with E-state index in [0.717, 1.165) is 29.1 Å². The second-order valence-corrected chi connectivity index (χ2v) is 6.15. The van der Waals surface area contributed by atoms with E-state index in [1.807, 2.05) is 38.2 Å². The van der Waals surface area contributed by atoms with E-state index in [0.29, 0.717) is 19.1 Å². The zero-order chi connectivity index (χ0) is 16.8. The molecule has 1 saturated carbocycles. The first-order valence-corrected chi connectivity index (χ1v) is 8.02. The third kappa shape index (κ3) is 5.56. The van der Waals surface area contributed by atoms with Crippen molar-refractivity contribution in [2.24, 2.45) is 0 Å². The van der Waals surface area contributed by atoms with Gasteiger partial charge in [-0.3, -0.25) is 9.59 Å². The Kier molecular flexibility index (Phi) is 5.98. The molecule has 0 aliphatic heterocycles. The van der Waals surface area contributed by atoms with Gasteiger partial charge < -0.3 is 20.3 Å². The molecule has 23 heavy (non-hydrogen) atoms. The number of carbonyl (C=O) groups excluding carboxylic acids is 2. The van der Waals surface area contributed by atoms with Crippen LogP contribution < -0.4 is 20.3 Å². The van der Waals surface area contributed by atoms with Crippen LogP contribution in [-0.4, -0.2) is 44.6 Å². The van der Waals surface area contributed by atoms with Crippen LogP contribution >= 0.6 is 0 Å². The molecule has 6 nitrogen and oxygen atoms in total. The van der Waals surface area contributed by atoms with Crippen LogP contribution in [0.15, 0.2) is 24.3 Å².